The molecule has 106 valence electrons. The van der Waals surface area contributed by atoms with E-state index in [0.717, 1.165) is 6.07 Å². The number of ether oxygens (including phenoxy) is 2. The van der Waals surface area contributed by atoms with Crippen LogP contribution in [0.3, 0.4) is 0 Å². The average molecular weight is 307 g/mol. The maximum Gasteiger partial charge on any atom is 0.342 e. The normalized spacial score (nSPS) is 12.1. The number of carbonyl (C=O) groups excluding carboxylic acids is 1. The van der Waals surface area contributed by atoms with Gasteiger partial charge < -0.3 is 9.47 Å². The second-order valence-electron chi connectivity index (χ2n) is 4.80. The van der Waals surface area contributed by atoms with Crippen LogP contribution in [0.4, 0.5) is 0 Å². The van der Waals surface area contributed by atoms with Crippen molar-refractivity contribution in [1.29, 1.82) is 0 Å². The Kier molecular flexibility index (Phi) is 4.47. The van der Waals surface area contributed by atoms with Crippen LogP contribution in [0.15, 0.2) is 23.1 Å². The molecule has 0 aliphatic rings. The molecule has 7 heteroatoms. The molecule has 0 atom stereocenters. The molecule has 0 bridgehead atoms. The van der Waals surface area contributed by atoms with Crippen LogP contribution < -0.4 is 4.74 Å². The summed E-state index contributed by atoms with van der Waals surface area (Å²) >= 11 is 0. The number of rotatable bonds is 3. The van der Waals surface area contributed by atoms with Crippen molar-refractivity contribution in [3.63, 3.8) is 0 Å². The first-order valence-electron chi connectivity index (χ1n) is 5.40. The first-order chi connectivity index (χ1) is 8.54. The van der Waals surface area contributed by atoms with Gasteiger partial charge in [0.1, 0.15) is 16.9 Å². The number of hydrogen-bond donors (Lipinski definition) is 0. The Morgan fingerprint density at radius 3 is 2.26 bits per heavy atom. The summed E-state index contributed by atoms with van der Waals surface area (Å²) in [5, 5.41) is 0. The van der Waals surface area contributed by atoms with E-state index < -0.39 is 20.6 Å². The topological polar surface area (TPSA) is 69.7 Å². The first-order valence-corrected chi connectivity index (χ1v) is 7.71. The van der Waals surface area contributed by atoms with Gasteiger partial charge in [0.2, 0.25) is 0 Å². The Morgan fingerprint density at radius 2 is 1.84 bits per heavy atom. The molecule has 0 radical (unpaired) electrons. The van der Waals surface area contributed by atoms with Crippen LogP contribution in [0.25, 0.3) is 0 Å². The molecule has 19 heavy (non-hydrogen) atoms. The zero-order valence-electron chi connectivity index (χ0n) is 11.1. The molecule has 0 aliphatic heterocycles. The van der Waals surface area contributed by atoms with E-state index in [2.05, 4.69) is 0 Å². The Morgan fingerprint density at radius 1 is 1.26 bits per heavy atom. The molecule has 0 unspecified atom stereocenters. The van der Waals surface area contributed by atoms with E-state index in [1.807, 2.05) is 0 Å². The van der Waals surface area contributed by atoms with Gasteiger partial charge in [-0.25, -0.2) is 13.2 Å². The summed E-state index contributed by atoms with van der Waals surface area (Å²) in [5.74, 6) is -0.454. The van der Waals surface area contributed by atoms with E-state index in [1.165, 1.54) is 19.2 Å². The molecule has 1 rings (SSSR count). The van der Waals surface area contributed by atoms with Crippen LogP contribution in [0.5, 0.6) is 5.75 Å². The Bertz CT molecular complexity index is 587. The molecule has 0 spiro atoms. The van der Waals surface area contributed by atoms with Gasteiger partial charge in [0, 0.05) is 10.7 Å². The van der Waals surface area contributed by atoms with Crippen molar-refractivity contribution in [3.8, 4) is 5.75 Å². The van der Waals surface area contributed by atoms with Crippen LogP contribution >= 0.6 is 10.7 Å². The fourth-order valence-corrected chi connectivity index (χ4v) is 2.11. The summed E-state index contributed by atoms with van der Waals surface area (Å²) < 4.78 is 32.7. The van der Waals surface area contributed by atoms with Crippen molar-refractivity contribution in [2.24, 2.45) is 0 Å². The molecule has 0 saturated carbocycles. The van der Waals surface area contributed by atoms with Gasteiger partial charge in [0.05, 0.1) is 12.0 Å². The van der Waals surface area contributed by atoms with E-state index in [-0.39, 0.29) is 16.2 Å². The molecule has 1 aromatic rings. The van der Waals surface area contributed by atoms with E-state index in [1.54, 1.807) is 20.8 Å². The summed E-state index contributed by atoms with van der Waals surface area (Å²) in [5.41, 5.74) is -0.683. The second kappa shape index (κ2) is 5.38. The number of benzene rings is 1. The summed E-state index contributed by atoms with van der Waals surface area (Å²) in [4.78, 5) is 11.8. The number of carbonyl (C=O) groups is 1. The molecule has 0 saturated heterocycles. The van der Waals surface area contributed by atoms with Gasteiger partial charge in [-0.15, -0.1) is 0 Å². The lowest BCUT2D eigenvalue weighted by Crippen LogP contribution is -2.24. The van der Waals surface area contributed by atoms with Gasteiger partial charge in [-0.3, -0.25) is 0 Å². The van der Waals surface area contributed by atoms with E-state index in [9.17, 15) is 13.2 Å². The van der Waals surface area contributed by atoms with Crippen molar-refractivity contribution in [3.05, 3.63) is 23.8 Å². The fourth-order valence-electron chi connectivity index (χ4n) is 1.33. The average Bonchev–Trinajstić information content (AvgIpc) is 2.24. The van der Waals surface area contributed by atoms with Crippen molar-refractivity contribution < 1.29 is 22.7 Å². The predicted molar refractivity (Wildman–Crippen MR) is 71.2 cm³/mol. The summed E-state index contributed by atoms with van der Waals surface area (Å²) in [6.45, 7) is 5.12. The third-order valence-electron chi connectivity index (χ3n) is 2.07. The second-order valence-corrected chi connectivity index (χ2v) is 7.37. The Hall–Kier alpha value is -1.27. The molecular weight excluding hydrogens is 292 g/mol. The van der Waals surface area contributed by atoms with Crippen LogP contribution in [0.2, 0.25) is 0 Å². The standard InChI is InChI=1S/C12H15ClO5S/c1-12(2,3)18-11(14)9-7-8(19(13,15)16)5-6-10(9)17-4/h5-7H,1-4H3. The van der Waals surface area contributed by atoms with Gasteiger partial charge >= 0.3 is 5.97 Å². The van der Waals surface area contributed by atoms with Gasteiger partial charge in [0.25, 0.3) is 9.05 Å². The van der Waals surface area contributed by atoms with E-state index in [0.29, 0.717) is 0 Å². The van der Waals surface area contributed by atoms with Crippen LogP contribution in [0.1, 0.15) is 31.1 Å². The van der Waals surface area contributed by atoms with Gasteiger partial charge in [-0.05, 0) is 39.0 Å². The van der Waals surface area contributed by atoms with Crippen LogP contribution in [-0.4, -0.2) is 27.1 Å². The summed E-state index contributed by atoms with van der Waals surface area (Å²) in [6, 6.07) is 3.75. The van der Waals surface area contributed by atoms with E-state index in [4.69, 9.17) is 20.2 Å². The lowest BCUT2D eigenvalue weighted by Gasteiger charge is -2.20. The molecule has 0 N–H and O–H groups in total. The molecule has 0 fully saturated rings. The van der Waals surface area contributed by atoms with E-state index >= 15 is 0 Å². The quantitative estimate of drug-likeness (QED) is 0.634. The zero-order chi connectivity index (χ0) is 14.8. The van der Waals surface area contributed by atoms with Crippen molar-refractivity contribution >= 4 is 25.7 Å². The molecule has 0 heterocycles. The van der Waals surface area contributed by atoms with Crippen LogP contribution in [0, 0.1) is 0 Å². The SMILES string of the molecule is COc1ccc(S(=O)(=O)Cl)cc1C(=O)OC(C)(C)C. The minimum atomic E-state index is -3.92. The highest BCUT2D eigenvalue weighted by Gasteiger charge is 2.23. The maximum atomic E-state index is 12.0. The molecule has 0 aliphatic carbocycles. The maximum absolute atomic E-state index is 12.0. The first kappa shape index (κ1) is 15.8. The summed E-state index contributed by atoms with van der Waals surface area (Å²) in [6.07, 6.45) is 0. The lowest BCUT2D eigenvalue weighted by molar-refractivity contribution is 0.00662. The third-order valence-corrected chi connectivity index (χ3v) is 3.42. The fraction of sp³-hybridized carbons (Fsp3) is 0.417. The number of esters is 1. The number of hydrogen-bond acceptors (Lipinski definition) is 5. The van der Waals surface area contributed by atoms with Crippen molar-refractivity contribution in [2.45, 2.75) is 31.3 Å². The van der Waals surface area contributed by atoms with Crippen molar-refractivity contribution in [2.75, 3.05) is 7.11 Å². The Balaban J connectivity index is 3.28. The highest BCUT2D eigenvalue weighted by Crippen LogP contribution is 2.26. The molecule has 0 amide bonds. The molecule has 0 aromatic heterocycles. The van der Waals surface area contributed by atoms with Crippen molar-refractivity contribution in [1.82, 2.24) is 0 Å². The zero-order valence-corrected chi connectivity index (χ0v) is 12.6. The van der Waals surface area contributed by atoms with Gasteiger partial charge in [0.15, 0.2) is 0 Å². The smallest absolute Gasteiger partial charge is 0.342 e. The molecular formula is C12H15ClO5S. The highest BCUT2D eigenvalue weighted by molar-refractivity contribution is 8.13. The largest absolute Gasteiger partial charge is 0.496 e. The number of halogens is 1. The molecule has 1 aromatic carbocycles. The summed E-state index contributed by atoms with van der Waals surface area (Å²) in [7, 11) is 2.70. The minimum absolute atomic E-state index is 0.0131. The predicted octanol–water partition coefficient (Wildman–Crippen LogP) is 2.58. The monoisotopic (exact) mass is 306 g/mol. The van der Waals surface area contributed by atoms with Crippen LogP contribution in [-0.2, 0) is 13.8 Å². The van der Waals surface area contributed by atoms with Gasteiger partial charge in [-0.1, -0.05) is 0 Å². The Labute approximate surface area is 116 Å². The number of methoxy groups -OCH3 is 1. The lowest BCUT2D eigenvalue weighted by atomic mass is 10.1. The van der Waals surface area contributed by atoms with Gasteiger partial charge in [-0.2, -0.15) is 0 Å². The highest BCUT2D eigenvalue weighted by atomic mass is 35.7. The minimum Gasteiger partial charge on any atom is -0.496 e. The third kappa shape index (κ3) is 4.40. The molecule has 5 nitrogen and oxygen atoms in total.